The molecule has 1 fully saturated rings. The molecule has 0 radical (unpaired) electrons. The molecule has 2 heterocycles. The molecular formula is C37H41ClN5O9S+. The summed E-state index contributed by atoms with van der Waals surface area (Å²) < 4.78 is 32.5. The first-order valence-electron chi connectivity index (χ1n) is 17.0. The average molecular weight is 767 g/mol. The summed E-state index contributed by atoms with van der Waals surface area (Å²) in [7, 11) is -4.28. The number of aromatic hydroxyl groups is 1. The number of phenols is 1. The highest BCUT2D eigenvalue weighted by Crippen LogP contribution is 2.34. The van der Waals surface area contributed by atoms with Gasteiger partial charge in [-0.05, 0) is 79.4 Å². The summed E-state index contributed by atoms with van der Waals surface area (Å²) in [6.07, 6.45) is 0.950. The van der Waals surface area contributed by atoms with Gasteiger partial charge in [-0.15, -0.1) is 0 Å². The second kappa shape index (κ2) is 15.2. The Labute approximate surface area is 311 Å². The third-order valence-corrected chi connectivity index (χ3v) is 11.2. The van der Waals surface area contributed by atoms with Crippen molar-refractivity contribution >= 4 is 62.3 Å². The van der Waals surface area contributed by atoms with Crippen LogP contribution in [0, 0.1) is 11.8 Å². The number of imide groups is 2. The molecule has 53 heavy (non-hydrogen) atoms. The summed E-state index contributed by atoms with van der Waals surface area (Å²) in [6, 6.07) is 9.97. The van der Waals surface area contributed by atoms with Crippen molar-refractivity contribution in [3.05, 3.63) is 88.8 Å². The standard InChI is InChI=1S/C37H40ClN5O9S/c1-20(2)30(39)36(48)43(18-6-7-22(43)5)37(49)42(31(21(3)4)32(45)34-40-28-19-26(44)14-17-29(28)52-34)35(47)24-10-8-23(9-11-24)33(46)41-53(50,51)27-15-12-25(38)13-16-27/h8-17,19-22,30-31H,6-7,18,39H2,1-5H3,(H-,41,44,46)/p+1/t22?,30?,31?,43-/m0/s1. The fraction of sp³-hybridized carbons (Fsp3) is 0.351. The number of quaternary nitrogens is 1. The maximum absolute atomic E-state index is 15.1. The van der Waals surface area contributed by atoms with Gasteiger partial charge in [0.1, 0.15) is 29.4 Å². The molecule has 3 aromatic carbocycles. The van der Waals surface area contributed by atoms with E-state index >= 15 is 4.79 Å². The van der Waals surface area contributed by atoms with Gasteiger partial charge in [0.15, 0.2) is 5.58 Å². The number of carbonyl (C=O) groups excluding carboxylic acids is 5. The third kappa shape index (κ3) is 7.60. The summed E-state index contributed by atoms with van der Waals surface area (Å²) in [5.41, 5.74) is 6.45. The molecule has 1 aromatic heterocycles. The lowest BCUT2D eigenvalue weighted by Gasteiger charge is -2.40. The number of Topliss-reactive ketones (excluding diaryl/α,β-unsaturated/α-hetero) is 1. The number of oxazole rings is 1. The molecule has 16 heteroatoms. The van der Waals surface area contributed by atoms with Crippen LogP contribution < -0.4 is 10.5 Å². The molecule has 0 saturated carbocycles. The van der Waals surface area contributed by atoms with Crippen LogP contribution in [0.25, 0.3) is 11.1 Å². The van der Waals surface area contributed by atoms with Crippen molar-refractivity contribution in [2.45, 2.75) is 70.5 Å². The lowest BCUT2D eigenvalue weighted by molar-refractivity contribution is -0.788. The van der Waals surface area contributed by atoms with E-state index in [1.165, 1.54) is 66.7 Å². The molecule has 4 N–H and O–H groups in total. The molecular weight excluding hydrogens is 726 g/mol. The number of benzene rings is 3. The number of nitrogens with zero attached hydrogens (tertiary/aromatic N) is 3. The monoisotopic (exact) mass is 766 g/mol. The maximum atomic E-state index is 15.1. The molecule has 280 valence electrons. The number of hydrogen-bond acceptors (Lipinski definition) is 11. The quantitative estimate of drug-likeness (QED) is 0.140. The van der Waals surface area contributed by atoms with Crippen LogP contribution in [0.3, 0.4) is 0 Å². The summed E-state index contributed by atoms with van der Waals surface area (Å²) in [4.78, 5) is 76.1. The molecule has 1 aliphatic heterocycles. The van der Waals surface area contributed by atoms with Gasteiger partial charge in [-0.25, -0.2) is 32.6 Å². The second-order valence-electron chi connectivity index (χ2n) is 13.8. The van der Waals surface area contributed by atoms with Crippen LogP contribution in [0.15, 0.2) is 76.0 Å². The van der Waals surface area contributed by atoms with Gasteiger partial charge in [0, 0.05) is 35.1 Å². The number of halogens is 1. The molecule has 14 nitrogen and oxygen atoms in total. The number of sulfonamides is 1. The van der Waals surface area contributed by atoms with E-state index in [0.29, 0.717) is 17.9 Å². The van der Waals surface area contributed by atoms with Crippen LogP contribution in [0.2, 0.25) is 5.02 Å². The van der Waals surface area contributed by atoms with Crippen molar-refractivity contribution in [2.75, 3.05) is 6.54 Å². The van der Waals surface area contributed by atoms with Gasteiger partial charge in [0.2, 0.25) is 5.78 Å². The first-order chi connectivity index (χ1) is 24.9. The second-order valence-corrected chi connectivity index (χ2v) is 16.0. The Kier molecular flexibility index (Phi) is 11.2. The van der Waals surface area contributed by atoms with E-state index in [9.17, 15) is 32.7 Å². The number of likely N-dealkylation sites (tertiary alicyclic amines) is 1. The zero-order chi connectivity index (χ0) is 39.0. The first kappa shape index (κ1) is 39.3. The number of urea groups is 1. The van der Waals surface area contributed by atoms with Crippen molar-refractivity contribution < 1.29 is 46.4 Å². The zero-order valence-electron chi connectivity index (χ0n) is 29.8. The zero-order valence-corrected chi connectivity index (χ0v) is 31.3. The predicted molar refractivity (Wildman–Crippen MR) is 194 cm³/mol. The van der Waals surface area contributed by atoms with E-state index < -0.39 is 74.0 Å². The van der Waals surface area contributed by atoms with Crippen molar-refractivity contribution in [1.82, 2.24) is 14.6 Å². The van der Waals surface area contributed by atoms with E-state index in [-0.39, 0.29) is 45.3 Å². The Morgan fingerprint density at radius 3 is 2.15 bits per heavy atom. The van der Waals surface area contributed by atoms with E-state index in [4.69, 9.17) is 21.8 Å². The summed E-state index contributed by atoms with van der Waals surface area (Å²) in [5, 5.41) is 10.3. The Morgan fingerprint density at radius 1 is 0.962 bits per heavy atom. The van der Waals surface area contributed by atoms with Gasteiger partial charge < -0.3 is 15.3 Å². The van der Waals surface area contributed by atoms with E-state index in [0.717, 1.165) is 4.90 Å². The number of fused-ring (bicyclic) bond motifs is 1. The fourth-order valence-corrected chi connectivity index (χ4v) is 7.58. The van der Waals surface area contributed by atoms with Crippen LogP contribution >= 0.6 is 11.6 Å². The van der Waals surface area contributed by atoms with E-state index in [1.54, 1.807) is 34.6 Å². The number of hydrogen-bond donors (Lipinski definition) is 3. The minimum atomic E-state index is -4.28. The number of aromatic nitrogens is 1. The molecule has 4 aromatic rings. The number of nitrogens with one attached hydrogen (secondary N) is 1. The molecule has 5 amide bonds. The number of ketones is 1. The third-order valence-electron chi connectivity index (χ3n) is 9.55. The maximum Gasteiger partial charge on any atom is 0.434 e. The van der Waals surface area contributed by atoms with Gasteiger partial charge in [-0.1, -0.05) is 39.3 Å². The van der Waals surface area contributed by atoms with Crippen LogP contribution in [0.4, 0.5) is 4.79 Å². The molecule has 1 saturated heterocycles. The Hall–Kier alpha value is -4.96. The molecule has 0 spiro atoms. The van der Waals surface area contributed by atoms with Gasteiger partial charge in [-0.3, -0.25) is 14.4 Å². The van der Waals surface area contributed by atoms with Crippen LogP contribution in [-0.2, 0) is 14.8 Å². The van der Waals surface area contributed by atoms with Gasteiger partial charge in [0.25, 0.3) is 27.7 Å². The number of carbonyl (C=O) groups is 5. The summed E-state index contributed by atoms with van der Waals surface area (Å²) in [5.74, 6) is -4.98. The Morgan fingerprint density at radius 2 is 1.58 bits per heavy atom. The van der Waals surface area contributed by atoms with Crippen LogP contribution in [0.5, 0.6) is 5.75 Å². The number of amides is 5. The van der Waals surface area contributed by atoms with Gasteiger partial charge in [-0.2, -0.15) is 4.48 Å². The molecule has 4 atom stereocenters. The number of rotatable bonds is 10. The normalized spacial score (nSPS) is 18.5. The number of nitrogens with two attached hydrogens (primary N) is 1. The highest BCUT2D eigenvalue weighted by Gasteiger charge is 2.59. The Bertz CT molecular complexity index is 2190. The van der Waals surface area contributed by atoms with E-state index in [1.807, 2.05) is 4.72 Å². The average Bonchev–Trinajstić information content (AvgIpc) is 3.72. The summed E-state index contributed by atoms with van der Waals surface area (Å²) in [6.45, 7) is 8.51. The number of phenolic OH excluding ortho intramolecular Hbond substituents is 1. The lowest BCUT2D eigenvalue weighted by Crippen LogP contribution is -2.70. The fourth-order valence-electron chi connectivity index (χ4n) is 6.48. The summed E-state index contributed by atoms with van der Waals surface area (Å²) >= 11 is 5.85. The lowest BCUT2D eigenvalue weighted by atomic mass is 9.96. The Balaban J connectivity index is 1.57. The molecule has 1 aliphatic rings. The predicted octanol–water partition coefficient (Wildman–Crippen LogP) is 5.28. The minimum absolute atomic E-state index is 0.0470. The molecule has 0 bridgehead atoms. The highest BCUT2D eigenvalue weighted by molar-refractivity contribution is 7.90. The van der Waals surface area contributed by atoms with Crippen molar-refractivity contribution in [3.63, 3.8) is 0 Å². The highest BCUT2D eigenvalue weighted by atomic mass is 35.5. The molecule has 3 unspecified atom stereocenters. The first-order valence-corrected chi connectivity index (χ1v) is 18.9. The molecule has 0 aliphatic carbocycles. The van der Waals surface area contributed by atoms with Crippen molar-refractivity contribution in [3.8, 4) is 5.75 Å². The largest absolute Gasteiger partial charge is 0.508 e. The minimum Gasteiger partial charge on any atom is -0.508 e. The van der Waals surface area contributed by atoms with Crippen LogP contribution in [-0.4, -0.2) is 82.1 Å². The van der Waals surface area contributed by atoms with Gasteiger partial charge >= 0.3 is 11.9 Å². The SMILES string of the molecule is CC(C)C(N)C(=O)[N@+]1(C(=O)N(C(=O)c2ccc(C(=O)NS(=O)(=O)c3ccc(Cl)cc3)cc2)C(C(=O)c2nc3cc(O)ccc3o2)C(C)C)CCCC1C. The van der Waals surface area contributed by atoms with E-state index in [2.05, 4.69) is 4.98 Å². The van der Waals surface area contributed by atoms with Gasteiger partial charge in [0.05, 0.1) is 11.4 Å². The smallest absolute Gasteiger partial charge is 0.434 e. The molecule has 5 rings (SSSR count). The van der Waals surface area contributed by atoms with Crippen molar-refractivity contribution in [1.29, 1.82) is 0 Å². The van der Waals surface area contributed by atoms with Crippen LogP contribution in [0.1, 0.15) is 78.9 Å². The van der Waals surface area contributed by atoms with Crippen molar-refractivity contribution in [2.24, 2.45) is 17.6 Å². The topological polar surface area (TPSA) is 207 Å².